The van der Waals surface area contributed by atoms with E-state index in [1.54, 1.807) is 0 Å². The zero-order valence-electron chi connectivity index (χ0n) is 14.0. The molecule has 3 nitrogen and oxygen atoms in total. The molecule has 0 saturated heterocycles. The molecule has 0 aromatic carbocycles. The molecule has 21 heavy (non-hydrogen) atoms. The fraction of sp³-hybridized carbons (Fsp3) is 0.944. The molecule has 0 aliphatic heterocycles. The molecule has 2 atom stereocenters. The molecular weight excluding hydrogens is 260 g/mol. The van der Waals surface area contributed by atoms with Crippen LogP contribution in [-0.2, 0) is 4.79 Å². The lowest BCUT2D eigenvalue weighted by molar-refractivity contribution is -0.133. The number of hydrogen-bond donors (Lipinski definition) is 2. The van der Waals surface area contributed by atoms with Crippen molar-refractivity contribution in [2.24, 2.45) is 23.0 Å². The van der Waals surface area contributed by atoms with Crippen LogP contribution in [0.25, 0.3) is 0 Å². The first-order valence-electron chi connectivity index (χ1n) is 9.10. The van der Waals surface area contributed by atoms with Crippen molar-refractivity contribution in [3.63, 3.8) is 0 Å². The highest BCUT2D eigenvalue weighted by molar-refractivity contribution is 5.83. The van der Waals surface area contributed by atoms with E-state index in [4.69, 9.17) is 5.73 Å². The number of rotatable bonds is 4. The molecular formula is C18H34N2O. The summed E-state index contributed by atoms with van der Waals surface area (Å²) in [5.74, 6) is 1.55. The van der Waals surface area contributed by atoms with Crippen molar-refractivity contribution in [1.82, 2.24) is 5.32 Å². The molecule has 0 bridgehead atoms. The number of carbonyl (C=O) groups is 1. The van der Waals surface area contributed by atoms with Gasteiger partial charge in [0.2, 0.25) is 5.91 Å². The van der Waals surface area contributed by atoms with Gasteiger partial charge in [0, 0.05) is 12.6 Å². The molecule has 0 radical (unpaired) electrons. The Kier molecular flexibility index (Phi) is 6.09. The second kappa shape index (κ2) is 7.62. The van der Waals surface area contributed by atoms with Crippen LogP contribution in [0.1, 0.15) is 78.1 Å². The lowest BCUT2D eigenvalue weighted by atomic mass is 9.75. The summed E-state index contributed by atoms with van der Waals surface area (Å²) in [4.78, 5) is 12.9. The lowest BCUT2D eigenvalue weighted by Crippen LogP contribution is -2.52. The SMILES string of the molecule is CC(C)C1CCCCC1NC(=O)C1(CN)CCCCCC1. The molecule has 0 spiro atoms. The maximum Gasteiger partial charge on any atom is 0.227 e. The molecule has 3 N–H and O–H groups in total. The third-order valence-corrected chi connectivity index (χ3v) is 5.93. The Labute approximate surface area is 130 Å². The fourth-order valence-electron chi connectivity index (χ4n) is 4.39. The van der Waals surface area contributed by atoms with E-state index in [9.17, 15) is 4.79 Å². The Morgan fingerprint density at radius 3 is 2.29 bits per heavy atom. The average molecular weight is 294 g/mol. The molecule has 2 saturated carbocycles. The molecule has 1 amide bonds. The first kappa shape index (κ1) is 16.8. The van der Waals surface area contributed by atoms with Crippen LogP contribution in [0.3, 0.4) is 0 Å². The van der Waals surface area contributed by atoms with E-state index in [0.29, 0.717) is 24.4 Å². The van der Waals surface area contributed by atoms with Crippen molar-refractivity contribution in [2.45, 2.75) is 84.1 Å². The molecule has 2 rings (SSSR count). The Balaban J connectivity index is 2.03. The molecule has 2 fully saturated rings. The summed E-state index contributed by atoms with van der Waals surface area (Å²) in [5, 5.41) is 3.42. The standard InChI is InChI=1S/C18H34N2O/c1-14(2)15-9-5-6-10-16(15)20-17(21)18(13-19)11-7-3-4-8-12-18/h14-16H,3-13,19H2,1-2H3,(H,20,21). The van der Waals surface area contributed by atoms with Crippen LogP contribution >= 0.6 is 0 Å². The largest absolute Gasteiger partial charge is 0.353 e. The van der Waals surface area contributed by atoms with Crippen molar-refractivity contribution in [1.29, 1.82) is 0 Å². The van der Waals surface area contributed by atoms with E-state index in [-0.39, 0.29) is 11.3 Å². The molecule has 0 aromatic rings. The van der Waals surface area contributed by atoms with Gasteiger partial charge in [0.05, 0.1) is 5.41 Å². The van der Waals surface area contributed by atoms with E-state index in [1.165, 1.54) is 32.1 Å². The zero-order valence-corrected chi connectivity index (χ0v) is 14.0. The predicted octanol–water partition coefficient (Wildman–Crippen LogP) is 3.62. The quantitative estimate of drug-likeness (QED) is 0.778. The third-order valence-electron chi connectivity index (χ3n) is 5.93. The van der Waals surface area contributed by atoms with Crippen molar-refractivity contribution < 1.29 is 4.79 Å². The van der Waals surface area contributed by atoms with Crippen molar-refractivity contribution in [3.8, 4) is 0 Å². The number of nitrogens with one attached hydrogen (secondary N) is 1. The van der Waals surface area contributed by atoms with Gasteiger partial charge in [0.25, 0.3) is 0 Å². The zero-order chi connectivity index (χ0) is 15.3. The summed E-state index contributed by atoms with van der Waals surface area (Å²) in [6.07, 6.45) is 11.8. The van der Waals surface area contributed by atoms with Gasteiger partial charge in [-0.25, -0.2) is 0 Å². The van der Waals surface area contributed by atoms with Gasteiger partial charge in [0.15, 0.2) is 0 Å². The Morgan fingerprint density at radius 1 is 1.10 bits per heavy atom. The first-order valence-corrected chi connectivity index (χ1v) is 9.10. The molecule has 122 valence electrons. The molecule has 2 unspecified atom stereocenters. The molecule has 0 heterocycles. The summed E-state index contributed by atoms with van der Waals surface area (Å²) in [5.41, 5.74) is 5.77. The van der Waals surface area contributed by atoms with Crippen molar-refractivity contribution in [3.05, 3.63) is 0 Å². The molecule has 2 aliphatic carbocycles. The minimum Gasteiger partial charge on any atom is -0.353 e. The molecule has 0 aromatic heterocycles. The summed E-state index contributed by atoms with van der Waals surface area (Å²) >= 11 is 0. The van der Waals surface area contributed by atoms with E-state index in [2.05, 4.69) is 19.2 Å². The maximum absolute atomic E-state index is 12.9. The van der Waals surface area contributed by atoms with Crippen LogP contribution in [0.4, 0.5) is 0 Å². The number of amides is 1. The van der Waals surface area contributed by atoms with Gasteiger partial charge in [-0.1, -0.05) is 52.4 Å². The number of nitrogens with two attached hydrogens (primary N) is 1. The van der Waals surface area contributed by atoms with Gasteiger partial charge in [-0.15, -0.1) is 0 Å². The monoisotopic (exact) mass is 294 g/mol. The van der Waals surface area contributed by atoms with E-state index >= 15 is 0 Å². The van der Waals surface area contributed by atoms with Crippen molar-refractivity contribution >= 4 is 5.91 Å². The van der Waals surface area contributed by atoms with Gasteiger partial charge >= 0.3 is 0 Å². The Bertz CT molecular complexity index is 332. The summed E-state index contributed by atoms with van der Waals surface area (Å²) in [6.45, 7) is 5.09. The second-order valence-corrected chi connectivity index (χ2v) is 7.67. The van der Waals surface area contributed by atoms with Crippen LogP contribution in [-0.4, -0.2) is 18.5 Å². The highest BCUT2D eigenvalue weighted by atomic mass is 16.2. The van der Waals surface area contributed by atoms with Gasteiger partial charge in [-0.05, 0) is 37.5 Å². The van der Waals surface area contributed by atoms with Gasteiger partial charge in [0.1, 0.15) is 0 Å². The first-order chi connectivity index (χ1) is 10.1. The summed E-state index contributed by atoms with van der Waals surface area (Å²) < 4.78 is 0. The van der Waals surface area contributed by atoms with Gasteiger partial charge in [-0.3, -0.25) is 4.79 Å². The number of hydrogen-bond acceptors (Lipinski definition) is 2. The molecule has 3 heteroatoms. The summed E-state index contributed by atoms with van der Waals surface area (Å²) in [6, 6.07) is 0.373. The van der Waals surface area contributed by atoms with E-state index in [0.717, 1.165) is 32.1 Å². The predicted molar refractivity (Wildman–Crippen MR) is 87.9 cm³/mol. The average Bonchev–Trinajstić information content (AvgIpc) is 2.74. The van der Waals surface area contributed by atoms with E-state index < -0.39 is 0 Å². The number of carbonyl (C=O) groups excluding carboxylic acids is 1. The maximum atomic E-state index is 12.9. The Hall–Kier alpha value is -0.570. The Morgan fingerprint density at radius 2 is 1.71 bits per heavy atom. The van der Waals surface area contributed by atoms with Crippen LogP contribution in [0.15, 0.2) is 0 Å². The van der Waals surface area contributed by atoms with Gasteiger partial charge in [-0.2, -0.15) is 0 Å². The van der Waals surface area contributed by atoms with Crippen LogP contribution in [0.2, 0.25) is 0 Å². The van der Waals surface area contributed by atoms with E-state index in [1.807, 2.05) is 0 Å². The fourth-order valence-corrected chi connectivity index (χ4v) is 4.39. The minimum absolute atomic E-state index is 0.254. The minimum atomic E-state index is -0.282. The van der Waals surface area contributed by atoms with Gasteiger partial charge < -0.3 is 11.1 Å². The van der Waals surface area contributed by atoms with Crippen LogP contribution in [0.5, 0.6) is 0 Å². The smallest absolute Gasteiger partial charge is 0.227 e. The third kappa shape index (κ3) is 4.00. The van der Waals surface area contributed by atoms with Crippen LogP contribution in [0, 0.1) is 17.3 Å². The summed E-state index contributed by atoms with van der Waals surface area (Å²) in [7, 11) is 0. The highest BCUT2D eigenvalue weighted by Crippen LogP contribution is 2.36. The topological polar surface area (TPSA) is 55.1 Å². The lowest BCUT2D eigenvalue weighted by Gasteiger charge is -2.38. The normalized spacial score (nSPS) is 29.9. The molecule has 2 aliphatic rings. The van der Waals surface area contributed by atoms with Crippen molar-refractivity contribution in [2.75, 3.05) is 6.54 Å². The second-order valence-electron chi connectivity index (χ2n) is 7.67. The highest BCUT2D eigenvalue weighted by Gasteiger charge is 2.39. The van der Waals surface area contributed by atoms with Crippen LogP contribution < -0.4 is 11.1 Å².